The fourth-order valence-electron chi connectivity index (χ4n) is 4.10. The van der Waals surface area contributed by atoms with E-state index in [0.29, 0.717) is 19.1 Å². The average molecular weight is 440 g/mol. The lowest BCUT2D eigenvalue weighted by molar-refractivity contribution is 0.0989. The van der Waals surface area contributed by atoms with Gasteiger partial charge in [-0.15, -0.1) is 0 Å². The number of nitrogens with zero attached hydrogens (tertiary/aromatic N) is 3. The lowest BCUT2D eigenvalue weighted by Gasteiger charge is -2.36. The molecule has 0 saturated carbocycles. The molecule has 0 bridgehead atoms. The summed E-state index contributed by atoms with van der Waals surface area (Å²) in [4.78, 5) is 9.60. The number of hydrogen-bond donors (Lipinski definition) is 0. The van der Waals surface area contributed by atoms with E-state index in [4.69, 9.17) is 9.72 Å². The largest absolute Gasteiger partial charge is 0.377 e. The van der Waals surface area contributed by atoms with Crippen molar-refractivity contribution < 1.29 is 9.13 Å². The number of benzene rings is 1. The Hall–Kier alpha value is -2.40. The molecule has 4 nitrogen and oxygen atoms in total. The van der Waals surface area contributed by atoms with Gasteiger partial charge in [0.15, 0.2) is 0 Å². The SMILES string of the molecule is CCCCN(C)c1cc(N2CCOCC2C)cc(-c2cc(F)cc(C)c2/C=C\C(C)C)n1. The first-order valence-electron chi connectivity index (χ1n) is 11.9. The first-order valence-corrected chi connectivity index (χ1v) is 11.9. The second-order valence-electron chi connectivity index (χ2n) is 9.25. The van der Waals surface area contributed by atoms with Crippen molar-refractivity contribution in [1.82, 2.24) is 4.98 Å². The molecule has 32 heavy (non-hydrogen) atoms. The number of hydrogen-bond acceptors (Lipinski definition) is 4. The fraction of sp³-hybridized carbons (Fsp3) is 0.519. The normalized spacial score (nSPS) is 16.9. The van der Waals surface area contributed by atoms with Crippen LogP contribution in [0.25, 0.3) is 17.3 Å². The number of aromatic nitrogens is 1. The van der Waals surface area contributed by atoms with Gasteiger partial charge in [-0.25, -0.2) is 9.37 Å². The molecule has 2 aromatic rings. The minimum Gasteiger partial charge on any atom is -0.377 e. The summed E-state index contributed by atoms with van der Waals surface area (Å²) in [6.07, 6.45) is 6.50. The topological polar surface area (TPSA) is 28.6 Å². The second kappa shape index (κ2) is 11.0. The number of rotatable bonds is 8. The summed E-state index contributed by atoms with van der Waals surface area (Å²) in [5, 5.41) is 0. The van der Waals surface area contributed by atoms with E-state index in [1.165, 1.54) is 0 Å². The quantitative estimate of drug-likeness (QED) is 0.481. The van der Waals surface area contributed by atoms with E-state index < -0.39 is 0 Å². The number of anilines is 2. The predicted octanol–water partition coefficient (Wildman–Crippen LogP) is 6.33. The highest BCUT2D eigenvalue weighted by atomic mass is 19.1. The Balaban J connectivity index is 2.16. The summed E-state index contributed by atoms with van der Waals surface area (Å²) in [6, 6.07) is 7.78. The highest BCUT2D eigenvalue weighted by molar-refractivity contribution is 5.78. The van der Waals surface area contributed by atoms with Crippen molar-refractivity contribution in [3.8, 4) is 11.3 Å². The molecule has 0 N–H and O–H groups in total. The number of unbranched alkanes of at least 4 members (excludes halogenated alkanes) is 1. The van der Waals surface area contributed by atoms with Gasteiger partial charge >= 0.3 is 0 Å². The Morgan fingerprint density at radius 1 is 1.28 bits per heavy atom. The molecule has 1 aliphatic heterocycles. The van der Waals surface area contributed by atoms with E-state index in [0.717, 1.165) is 59.8 Å². The van der Waals surface area contributed by atoms with Crippen molar-refractivity contribution in [2.75, 3.05) is 43.2 Å². The Morgan fingerprint density at radius 2 is 2.06 bits per heavy atom. The number of pyridine rings is 1. The van der Waals surface area contributed by atoms with Crippen molar-refractivity contribution in [1.29, 1.82) is 0 Å². The van der Waals surface area contributed by atoms with Gasteiger partial charge in [0, 0.05) is 43.5 Å². The first-order chi connectivity index (χ1) is 15.3. The van der Waals surface area contributed by atoms with Crippen LogP contribution in [-0.4, -0.2) is 44.4 Å². The van der Waals surface area contributed by atoms with Crippen LogP contribution >= 0.6 is 0 Å². The molecule has 1 atom stereocenters. The number of halogens is 1. The number of morpholine rings is 1. The zero-order chi connectivity index (χ0) is 23.3. The van der Waals surface area contributed by atoms with E-state index in [2.05, 4.69) is 68.8 Å². The van der Waals surface area contributed by atoms with Crippen molar-refractivity contribution in [3.63, 3.8) is 0 Å². The van der Waals surface area contributed by atoms with E-state index in [9.17, 15) is 4.39 Å². The van der Waals surface area contributed by atoms with Crippen molar-refractivity contribution in [3.05, 3.63) is 47.3 Å². The molecule has 1 aliphatic rings. The van der Waals surface area contributed by atoms with Crippen LogP contribution in [0.3, 0.4) is 0 Å². The third-order valence-corrected chi connectivity index (χ3v) is 6.01. The zero-order valence-corrected chi connectivity index (χ0v) is 20.5. The van der Waals surface area contributed by atoms with Crippen LogP contribution in [0.1, 0.15) is 51.7 Å². The summed E-state index contributed by atoms with van der Waals surface area (Å²) in [5.74, 6) is 1.11. The summed E-state index contributed by atoms with van der Waals surface area (Å²) in [7, 11) is 2.09. The third-order valence-electron chi connectivity index (χ3n) is 6.01. The number of allylic oxidation sites excluding steroid dienone is 1. The van der Waals surface area contributed by atoms with E-state index in [1.807, 2.05) is 6.92 Å². The Kier molecular flexibility index (Phi) is 8.30. The van der Waals surface area contributed by atoms with E-state index in [1.54, 1.807) is 12.1 Å². The molecule has 5 heteroatoms. The minimum atomic E-state index is -0.230. The molecule has 1 aromatic carbocycles. The first kappa shape index (κ1) is 24.2. The number of aryl methyl sites for hydroxylation is 1. The molecule has 1 fully saturated rings. The highest BCUT2D eigenvalue weighted by Crippen LogP contribution is 2.33. The van der Waals surface area contributed by atoms with Crippen molar-refractivity contribution in [2.24, 2.45) is 5.92 Å². The highest BCUT2D eigenvalue weighted by Gasteiger charge is 2.22. The Morgan fingerprint density at radius 3 is 2.75 bits per heavy atom. The molecule has 3 rings (SSSR count). The van der Waals surface area contributed by atoms with Crippen molar-refractivity contribution in [2.45, 2.75) is 53.5 Å². The Bertz CT molecular complexity index is 941. The molecule has 2 heterocycles. The van der Waals surface area contributed by atoms with Gasteiger partial charge in [0.2, 0.25) is 0 Å². The summed E-state index contributed by atoms with van der Waals surface area (Å²) < 4.78 is 20.2. The van der Waals surface area contributed by atoms with Crippen LogP contribution < -0.4 is 9.80 Å². The molecule has 1 saturated heterocycles. The molecule has 1 aromatic heterocycles. The minimum absolute atomic E-state index is 0.230. The van der Waals surface area contributed by atoms with Gasteiger partial charge in [-0.05, 0) is 55.5 Å². The molecular weight excluding hydrogens is 401 g/mol. The summed E-state index contributed by atoms with van der Waals surface area (Å²) in [5.41, 5.74) is 4.72. The lowest BCUT2D eigenvalue weighted by atomic mass is 9.96. The van der Waals surface area contributed by atoms with Gasteiger partial charge in [0.1, 0.15) is 11.6 Å². The van der Waals surface area contributed by atoms with Crippen LogP contribution in [-0.2, 0) is 4.74 Å². The molecule has 0 aliphatic carbocycles. The Labute approximate surface area is 193 Å². The summed E-state index contributed by atoms with van der Waals surface area (Å²) in [6.45, 7) is 13.8. The van der Waals surface area contributed by atoms with Gasteiger partial charge in [0.05, 0.1) is 18.9 Å². The summed E-state index contributed by atoms with van der Waals surface area (Å²) >= 11 is 0. The van der Waals surface area contributed by atoms with Gasteiger partial charge < -0.3 is 14.5 Å². The maximum Gasteiger partial charge on any atom is 0.131 e. The van der Waals surface area contributed by atoms with Gasteiger partial charge in [0.25, 0.3) is 0 Å². The fourth-order valence-corrected chi connectivity index (χ4v) is 4.10. The molecular formula is C27H38FN3O. The average Bonchev–Trinajstić information content (AvgIpc) is 2.76. The molecule has 0 spiro atoms. The standard InChI is InChI=1S/C27H38FN3O/c1-7-8-11-30(6)27-17-23(31-12-13-32-18-21(31)5)16-26(29-27)25-15-22(28)14-20(4)24(25)10-9-19(2)3/h9-10,14-17,19,21H,7-8,11-13,18H2,1-6H3/b10-9-. The molecule has 174 valence electrons. The monoisotopic (exact) mass is 439 g/mol. The zero-order valence-electron chi connectivity index (χ0n) is 20.5. The third kappa shape index (κ3) is 5.89. The number of ether oxygens (including phenoxy) is 1. The van der Waals surface area contributed by atoms with Crippen LogP contribution in [0.4, 0.5) is 15.9 Å². The smallest absolute Gasteiger partial charge is 0.131 e. The van der Waals surface area contributed by atoms with Crippen LogP contribution in [0.5, 0.6) is 0 Å². The predicted molar refractivity (Wildman–Crippen MR) is 134 cm³/mol. The van der Waals surface area contributed by atoms with Gasteiger partial charge in [-0.3, -0.25) is 0 Å². The van der Waals surface area contributed by atoms with E-state index >= 15 is 0 Å². The second-order valence-corrected chi connectivity index (χ2v) is 9.25. The van der Waals surface area contributed by atoms with E-state index in [-0.39, 0.29) is 11.9 Å². The van der Waals surface area contributed by atoms with Gasteiger partial charge in [-0.2, -0.15) is 0 Å². The van der Waals surface area contributed by atoms with Crippen LogP contribution in [0, 0.1) is 18.7 Å². The molecule has 0 amide bonds. The van der Waals surface area contributed by atoms with Crippen LogP contribution in [0.2, 0.25) is 0 Å². The van der Waals surface area contributed by atoms with Crippen LogP contribution in [0.15, 0.2) is 30.3 Å². The molecule has 0 radical (unpaired) electrons. The lowest BCUT2D eigenvalue weighted by Crippen LogP contribution is -2.43. The molecule has 1 unspecified atom stereocenters. The maximum atomic E-state index is 14.5. The maximum absolute atomic E-state index is 14.5. The van der Waals surface area contributed by atoms with Gasteiger partial charge in [-0.1, -0.05) is 39.3 Å². The van der Waals surface area contributed by atoms with Crippen molar-refractivity contribution >= 4 is 17.6 Å².